The topological polar surface area (TPSA) is 102 Å². The van der Waals surface area contributed by atoms with Crippen molar-refractivity contribution < 1.29 is 22.5 Å². The summed E-state index contributed by atoms with van der Waals surface area (Å²) in [6.07, 6.45) is 1.70. The van der Waals surface area contributed by atoms with Gasteiger partial charge in [0.25, 0.3) is 0 Å². The van der Waals surface area contributed by atoms with Gasteiger partial charge in [-0.05, 0) is 25.0 Å². The van der Waals surface area contributed by atoms with Gasteiger partial charge in [-0.3, -0.25) is 9.10 Å². The van der Waals surface area contributed by atoms with E-state index in [0.29, 0.717) is 18.7 Å². The number of aryl methyl sites for hydroxylation is 1. The molecule has 1 amide bonds. The normalized spacial score (nSPS) is 11.2. The largest absolute Gasteiger partial charge is 0.496 e. The monoisotopic (exact) mass is 381 g/mol. The molecule has 0 unspecified atom stereocenters. The van der Waals surface area contributed by atoms with E-state index in [4.69, 9.17) is 9.26 Å². The molecule has 8 nitrogen and oxygen atoms in total. The summed E-state index contributed by atoms with van der Waals surface area (Å²) in [7, 11) is -1.96. The standard InChI is InChI=1S/C17H23N3O5S/c1-13-12-16(19-25-13)20(26(3,22)23)11-9-17(21)18-10-8-14-6-4-5-7-15(14)24-2/h4-7,12H,8-11H2,1-3H3,(H,18,21). The lowest BCUT2D eigenvalue weighted by molar-refractivity contribution is -0.120. The molecule has 9 heteroatoms. The van der Waals surface area contributed by atoms with Crippen LogP contribution in [0.15, 0.2) is 34.9 Å². The third-order valence-corrected chi connectivity index (χ3v) is 4.89. The van der Waals surface area contributed by atoms with Gasteiger partial charge in [-0.1, -0.05) is 23.4 Å². The fourth-order valence-electron chi connectivity index (χ4n) is 2.46. The average Bonchev–Trinajstić information content (AvgIpc) is 3.00. The summed E-state index contributed by atoms with van der Waals surface area (Å²) < 4.78 is 35.1. The van der Waals surface area contributed by atoms with Gasteiger partial charge in [0.2, 0.25) is 15.9 Å². The molecule has 0 bridgehead atoms. The van der Waals surface area contributed by atoms with E-state index in [2.05, 4.69) is 10.5 Å². The second-order valence-corrected chi connectivity index (χ2v) is 7.70. The first-order valence-electron chi connectivity index (χ1n) is 8.11. The lowest BCUT2D eigenvalue weighted by Crippen LogP contribution is -2.35. The number of para-hydroxylation sites is 1. The predicted octanol–water partition coefficient (Wildman–Crippen LogP) is 1.51. The first-order chi connectivity index (χ1) is 12.3. The molecule has 1 N–H and O–H groups in total. The Labute approximate surface area is 153 Å². The quantitative estimate of drug-likeness (QED) is 0.706. The van der Waals surface area contributed by atoms with Gasteiger partial charge in [0, 0.05) is 25.6 Å². The van der Waals surface area contributed by atoms with Crippen molar-refractivity contribution in [3.63, 3.8) is 0 Å². The van der Waals surface area contributed by atoms with Crippen LogP contribution in [0.1, 0.15) is 17.7 Å². The molecule has 1 heterocycles. The molecule has 0 saturated heterocycles. The first kappa shape index (κ1) is 19.8. The summed E-state index contributed by atoms with van der Waals surface area (Å²) in [6, 6.07) is 9.10. The highest BCUT2D eigenvalue weighted by atomic mass is 32.2. The Morgan fingerprint density at radius 1 is 1.35 bits per heavy atom. The van der Waals surface area contributed by atoms with Crippen molar-refractivity contribution in [3.05, 3.63) is 41.7 Å². The van der Waals surface area contributed by atoms with Crippen LogP contribution in [0.2, 0.25) is 0 Å². The van der Waals surface area contributed by atoms with Gasteiger partial charge < -0.3 is 14.6 Å². The molecule has 26 heavy (non-hydrogen) atoms. The van der Waals surface area contributed by atoms with E-state index in [1.165, 1.54) is 6.07 Å². The summed E-state index contributed by atoms with van der Waals surface area (Å²) in [5.74, 6) is 1.20. The number of carbonyl (C=O) groups excluding carboxylic acids is 1. The van der Waals surface area contributed by atoms with Crippen LogP contribution in [0.25, 0.3) is 0 Å². The van der Waals surface area contributed by atoms with Gasteiger partial charge in [0.05, 0.1) is 13.4 Å². The molecule has 142 valence electrons. The van der Waals surface area contributed by atoms with E-state index >= 15 is 0 Å². The summed E-state index contributed by atoms with van der Waals surface area (Å²) in [4.78, 5) is 12.0. The number of hydrogen-bond donors (Lipinski definition) is 1. The van der Waals surface area contributed by atoms with Crippen molar-refractivity contribution in [3.8, 4) is 5.75 Å². The van der Waals surface area contributed by atoms with Crippen LogP contribution in [0, 0.1) is 6.92 Å². The molecule has 2 aromatic rings. The number of anilines is 1. The van der Waals surface area contributed by atoms with Crippen molar-refractivity contribution in [1.82, 2.24) is 10.5 Å². The van der Waals surface area contributed by atoms with Crippen molar-refractivity contribution >= 4 is 21.7 Å². The van der Waals surface area contributed by atoms with Crippen molar-refractivity contribution in [2.75, 3.05) is 30.8 Å². The van der Waals surface area contributed by atoms with E-state index in [-0.39, 0.29) is 24.7 Å². The van der Waals surface area contributed by atoms with E-state index in [9.17, 15) is 13.2 Å². The second kappa shape index (κ2) is 8.70. The summed E-state index contributed by atoms with van der Waals surface area (Å²) in [6.45, 7) is 2.09. The number of sulfonamides is 1. The molecule has 0 aliphatic rings. The number of amides is 1. The van der Waals surface area contributed by atoms with Gasteiger partial charge in [0.1, 0.15) is 11.5 Å². The molecule has 2 rings (SSSR count). The van der Waals surface area contributed by atoms with Gasteiger partial charge in [0.15, 0.2) is 5.82 Å². The predicted molar refractivity (Wildman–Crippen MR) is 97.8 cm³/mol. The zero-order valence-corrected chi connectivity index (χ0v) is 15.9. The summed E-state index contributed by atoms with van der Waals surface area (Å²) in [5.41, 5.74) is 0.992. The molecule has 1 aromatic carbocycles. The van der Waals surface area contributed by atoms with E-state index < -0.39 is 10.0 Å². The number of hydrogen-bond acceptors (Lipinski definition) is 6. The molecule has 0 aliphatic carbocycles. The van der Waals surface area contributed by atoms with E-state index in [1.807, 2.05) is 24.3 Å². The first-order valence-corrected chi connectivity index (χ1v) is 9.95. The van der Waals surface area contributed by atoms with Crippen LogP contribution in [0.5, 0.6) is 5.75 Å². The lowest BCUT2D eigenvalue weighted by atomic mass is 10.1. The Bertz CT molecular complexity index is 848. The molecule has 0 radical (unpaired) electrons. The number of rotatable bonds is 9. The lowest BCUT2D eigenvalue weighted by Gasteiger charge is -2.18. The van der Waals surface area contributed by atoms with Gasteiger partial charge in [-0.25, -0.2) is 8.42 Å². The highest BCUT2D eigenvalue weighted by Gasteiger charge is 2.21. The molecule has 0 saturated carbocycles. The van der Waals surface area contributed by atoms with Gasteiger partial charge in [-0.15, -0.1) is 0 Å². The second-order valence-electron chi connectivity index (χ2n) is 5.79. The number of nitrogens with zero attached hydrogens (tertiary/aromatic N) is 2. The van der Waals surface area contributed by atoms with Gasteiger partial charge in [-0.2, -0.15) is 0 Å². The maximum Gasteiger partial charge on any atom is 0.233 e. The fourth-order valence-corrected chi connectivity index (χ4v) is 3.31. The average molecular weight is 381 g/mol. The van der Waals surface area contributed by atoms with E-state index in [0.717, 1.165) is 21.9 Å². The maximum absolute atomic E-state index is 12.0. The number of methoxy groups -OCH3 is 1. The maximum atomic E-state index is 12.0. The number of carbonyl (C=O) groups is 1. The molecule has 0 aliphatic heterocycles. The smallest absolute Gasteiger partial charge is 0.233 e. The molecule has 1 aromatic heterocycles. The van der Waals surface area contributed by atoms with Crippen molar-refractivity contribution in [2.45, 2.75) is 19.8 Å². The molecular weight excluding hydrogens is 358 g/mol. The molecule has 0 atom stereocenters. The Balaban J connectivity index is 1.86. The third-order valence-electron chi connectivity index (χ3n) is 3.72. The number of nitrogens with one attached hydrogen (secondary N) is 1. The fraction of sp³-hybridized carbons (Fsp3) is 0.412. The van der Waals surface area contributed by atoms with Crippen LogP contribution in [0.4, 0.5) is 5.82 Å². The zero-order chi connectivity index (χ0) is 19.2. The Morgan fingerprint density at radius 3 is 2.69 bits per heavy atom. The van der Waals surface area contributed by atoms with E-state index in [1.54, 1.807) is 14.0 Å². The SMILES string of the molecule is COc1ccccc1CCNC(=O)CCN(c1cc(C)on1)S(C)(=O)=O. The number of ether oxygens (including phenoxy) is 1. The van der Waals surface area contributed by atoms with Crippen LogP contribution < -0.4 is 14.4 Å². The Kier molecular flexibility index (Phi) is 6.62. The molecule has 0 spiro atoms. The highest BCUT2D eigenvalue weighted by Crippen LogP contribution is 2.18. The van der Waals surface area contributed by atoms with Crippen molar-refractivity contribution in [2.24, 2.45) is 0 Å². The van der Waals surface area contributed by atoms with Gasteiger partial charge >= 0.3 is 0 Å². The highest BCUT2D eigenvalue weighted by molar-refractivity contribution is 7.92. The Hall–Kier alpha value is -2.55. The van der Waals surface area contributed by atoms with Crippen LogP contribution in [-0.4, -0.2) is 45.9 Å². The van der Waals surface area contributed by atoms with Crippen molar-refractivity contribution in [1.29, 1.82) is 0 Å². The molecule has 0 fully saturated rings. The molecular formula is C17H23N3O5S. The zero-order valence-electron chi connectivity index (χ0n) is 15.1. The van der Waals surface area contributed by atoms with Crippen LogP contribution in [-0.2, 0) is 21.2 Å². The third kappa shape index (κ3) is 5.48. The minimum Gasteiger partial charge on any atom is -0.496 e. The number of benzene rings is 1. The van der Waals surface area contributed by atoms with Crippen LogP contribution >= 0.6 is 0 Å². The number of aromatic nitrogens is 1. The minimum atomic E-state index is -3.56. The Morgan fingerprint density at radius 2 is 2.08 bits per heavy atom. The summed E-state index contributed by atoms with van der Waals surface area (Å²) in [5, 5.41) is 6.49. The van der Waals surface area contributed by atoms with Crippen LogP contribution in [0.3, 0.4) is 0 Å². The summed E-state index contributed by atoms with van der Waals surface area (Å²) >= 11 is 0. The minimum absolute atomic E-state index is 0.00863.